The summed E-state index contributed by atoms with van der Waals surface area (Å²) in [6.45, 7) is 16.2. The zero-order valence-corrected chi connectivity index (χ0v) is 36.4. The Bertz CT molecular complexity index is 2180. The maximum Gasteiger partial charge on any atom is 0.339 e. The molecule has 59 heavy (non-hydrogen) atoms. The first-order valence-electron chi connectivity index (χ1n) is 24.1. The van der Waals surface area contributed by atoms with Crippen molar-refractivity contribution in [2.45, 2.75) is 142 Å². The Morgan fingerprint density at radius 3 is 2.75 bits per heavy atom. The van der Waals surface area contributed by atoms with E-state index in [9.17, 15) is 4.79 Å². The first-order chi connectivity index (χ1) is 28.5. The van der Waals surface area contributed by atoms with E-state index in [0.29, 0.717) is 54.1 Å². The molecule has 13 atom stereocenters. The first-order valence-corrected chi connectivity index (χ1v) is 24.1. The second kappa shape index (κ2) is 12.7. The number of fused-ring (bicyclic) bond motifs is 3. The fraction of sp³-hybridized carbons (Fsp3) is 0.692. The normalized spacial score (nSPS) is 44.5. The van der Waals surface area contributed by atoms with Gasteiger partial charge in [-0.3, -0.25) is 9.69 Å². The Morgan fingerprint density at radius 1 is 1.05 bits per heavy atom. The SMILES string of the molecule is CC(C)CCC1(C)CCC2=CC3C(C)CC4=C5C3C3=C2C26C(=O)OC(=CCC(C)N7CC8CC(C7)C(CC4)N5C8)C2(CC3)C2(OC(=O)c3c(CCCN)cccc32)C6C1. The Morgan fingerprint density at radius 2 is 1.92 bits per heavy atom. The maximum atomic E-state index is 15.9. The van der Waals surface area contributed by atoms with Crippen LogP contribution in [0.1, 0.15) is 140 Å². The summed E-state index contributed by atoms with van der Waals surface area (Å²) in [7, 11) is 0. The number of carbonyl (C=O) groups is 2. The number of hydrogen-bond donors (Lipinski definition) is 1. The van der Waals surface area contributed by atoms with Crippen LogP contribution in [0, 0.1) is 57.7 Å². The zero-order valence-electron chi connectivity index (χ0n) is 36.4. The van der Waals surface area contributed by atoms with Crippen molar-refractivity contribution in [1.29, 1.82) is 0 Å². The highest BCUT2D eigenvalue weighted by Crippen LogP contribution is 2.88. The van der Waals surface area contributed by atoms with Crippen molar-refractivity contribution in [3.8, 4) is 0 Å². The summed E-state index contributed by atoms with van der Waals surface area (Å²) in [5, 5.41) is 0. The number of nitrogens with two attached hydrogens (primary N) is 1. The highest BCUT2D eigenvalue weighted by Gasteiger charge is 2.93. The van der Waals surface area contributed by atoms with Crippen LogP contribution < -0.4 is 5.73 Å². The van der Waals surface area contributed by atoms with Crippen LogP contribution in [-0.4, -0.2) is 60.0 Å². The van der Waals surface area contributed by atoms with Crippen LogP contribution in [-0.2, 0) is 26.3 Å². The lowest BCUT2D eigenvalue weighted by molar-refractivity contribution is -0.283. The van der Waals surface area contributed by atoms with Crippen molar-refractivity contribution < 1.29 is 19.1 Å². The molecule has 13 unspecified atom stereocenters. The minimum absolute atomic E-state index is 0.0302. The van der Waals surface area contributed by atoms with E-state index >= 15 is 4.79 Å². The molecule has 0 amide bonds. The number of rotatable bonds is 6. The fourth-order valence-corrected chi connectivity index (χ4v) is 16.7. The standard InChI is InChI=1S/C52H67N3O4/c1-29(2)15-18-49(5)19-16-34-24-38-30(3)22-35-12-13-40-36-23-32-26-54(28-36)31(4)11-14-42-50-20-17-37(44(38)46(35)55(40)27-32)45(34)51(50,48(57)58-42)41(25-49)52(50)39-10-6-8-33(9-7-21-53)43(39)47(56)59-52/h6,8,10,14,24,29-32,36,38,40-41,44H,7,9,11-13,15-23,25-28,53H2,1-5H3. The molecule has 5 fully saturated rings. The number of carbonyl (C=O) groups excluding carboxylic acids is 2. The lowest BCUT2D eigenvalue weighted by Gasteiger charge is -2.73. The summed E-state index contributed by atoms with van der Waals surface area (Å²) in [5.74, 6) is 3.59. The van der Waals surface area contributed by atoms with Crippen molar-refractivity contribution in [1.82, 2.24) is 9.80 Å². The molecule has 2 saturated carbocycles. The van der Waals surface area contributed by atoms with Gasteiger partial charge < -0.3 is 20.1 Å². The van der Waals surface area contributed by atoms with E-state index in [-0.39, 0.29) is 23.3 Å². The molecule has 7 heteroatoms. The Labute approximate surface area is 352 Å². The molecule has 9 aliphatic heterocycles. The van der Waals surface area contributed by atoms with Gasteiger partial charge in [-0.2, -0.15) is 0 Å². The molecule has 2 N–H and O–H groups in total. The van der Waals surface area contributed by atoms with E-state index in [1.54, 1.807) is 16.8 Å². The largest absolute Gasteiger partial charge is 0.449 e. The molecular formula is C52H67N3O4. The van der Waals surface area contributed by atoms with E-state index in [1.165, 1.54) is 43.4 Å². The summed E-state index contributed by atoms with van der Waals surface area (Å²) in [4.78, 5) is 36.6. The third-order valence-electron chi connectivity index (χ3n) is 19.1. The number of esters is 2. The van der Waals surface area contributed by atoms with Crippen molar-refractivity contribution in [2.75, 3.05) is 26.2 Å². The zero-order chi connectivity index (χ0) is 40.4. The molecule has 5 aliphatic carbocycles. The van der Waals surface area contributed by atoms with Crippen LogP contribution in [0.2, 0.25) is 0 Å². The number of piperidine rings is 2. The van der Waals surface area contributed by atoms with E-state index in [4.69, 9.17) is 15.2 Å². The Hall–Kier alpha value is -3.16. The summed E-state index contributed by atoms with van der Waals surface area (Å²) in [5.41, 5.74) is 13.9. The Kier molecular flexibility index (Phi) is 8.10. The average molecular weight is 798 g/mol. The third-order valence-corrected chi connectivity index (χ3v) is 19.1. The number of aryl methyl sites for hydroxylation is 1. The van der Waals surface area contributed by atoms with Gasteiger partial charge in [-0.25, -0.2) is 4.79 Å². The molecule has 0 aromatic heterocycles. The smallest absolute Gasteiger partial charge is 0.339 e. The van der Waals surface area contributed by atoms with E-state index in [2.05, 4.69) is 74.8 Å². The van der Waals surface area contributed by atoms with Gasteiger partial charge in [0.05, 0.1) is 11.0 Å². The predicted molar refractivity (Wildman–Crippen MR) is 229 cm³/mol. The summed E-state index contributed by atoms with van der Waals surface area (Å²) in [6, 6.07) is 7.40. The van der Waals surface area contributed by atoms with Gasteiger partial charge >= 0.3 is 11.9 Å². The molecule has 9 heterocycles. The van der Waals surface area contributed by atoms with E-state index in [1.807, 2.05) is 0 Å². The molecule has 7 nitrogen and oxygen atoms in total. The van der Waals surface area contributed by atoms with Crippen LogP contribution in [0.5, 0.6) is 0 Å². The molecule has 15 rings (SSSR count). The molecule has 0 radical (unpaired) electrons. The molecule has 1 aromatic rings. The van der Waals surface area contributed by atoms with Crippen molar-refractivity contribution in [3.05, 3.63) is 80.8 Å². The van der Waals surface area contributed by atoms with Crippen LogP contribution >= 0.6 is 0 Å². The lowest BCUT2D eigenvalue weighted by Crippen LogP contribution is -2.78. The van der Waals surface area contributed by atoms with Gasteiger partial charge in [-0.05, 0) is 155 Å². The summed E-state index contributed by atoms with van der Waals surface area (Å²) in [6.07, 6.45) is 19.4. The lowest BCUT2D eigenvalue weighted by atomic mass is 9.27. The van der Waals surface area contributed by atoms with Crippen molar-refractivity contribution in [3.63, 3.8) is 0 Å². The molecular weight excluding hydrogens is 731 g/mol. The van der Waals surface area contributed by atoms with Gasteiger partial charge in [0.15, 0.2) is 5.60 Å². The molecule has 3 saturated heterocycles. The number of hydrogen-bond acceptors (Lipinski definition) is 7. The van der Waals surface area contributed by atoms with Gasteiger partial charge in [0.2, 0.25) is 0 Å². The fourth-order valence-electron chi connectivity index (χ4n) is 16.7. The van der Waals surface area contributed by atoms with Crippen molar-refractivity contribution >= 4 is 11.9 Å². The van der Waals surface area contributed by atoms with Crippen LogP contribution in [0.3, 0.4) is 0 Å². The average Bonchev–Trinajstić information content (AvgIpc) is 3.67. The minimum atomic E-state index is -0.980. The highest BCUT2D eigenvalue weighted by molar-refractivity contribution is 6.00. The number of allylic oxidation sites excluding steroid dienone is 4. The second-order valence-electron chi connectivity index (χ2n) is 22.5. The molecule has 14 aliphatic rings. The predicted octanol–water partition coefficient (Wildman–Crippen LogP) is 9.38. The van der Waals surface area contributed by atoms with Gasteiger partial charge in [0.1, 0.15) is 11.2 Å². The first kappa shape index (κ1) is 37.6. The molecule has 314 valence electrons. The summed E-state index contributed by atoms with van der Waals surface area (Å²) < 4.78 is 14.3. The van der Waals surface area contributed by atoms with Gasteiger partial charge in [0, 0.05) is 54.8 Å². The van der Waals surface area contributed by atoms with E-state index < -0.39 is 16.4 Å². The molecule has 1 aromatic carbocycles. The number of benzene rings is 1. The monoisotopic (exact) mass is 798 g/mol. The van der Waals surface area contributed by atoms with Crippen LogP contribution in [0.4, 0.5) is 0 Å². The third kappa shape index (κ3) is 4.58. The minimum Gasteiger partial charge on any atom is -0.449 e. The maximum absolute atomic E-state index is 15.9. The highest BCUT2D eigenvalue weighted by atomic mass is 16.6. The van der Waals surface area contributed by atoms with Crippen LogP contribution in [0.25, 0.3) is 0 Å². The van der Waals surface area contributed by atoms with E-state index in [0.717, 1.165) is 99.7 Å². The Balaban J connectivity index is 1.15. The van der Waals surface area contributed by atoms with Gasteiger partial charge in [-0.15, -0.1) is 0 Å². The topological polar surface area (TPSA) is 85.1 Å². The molecule has 3 spiro atoms. The van der Waals surface area contributed by atoms with Crippen LogP contribution in [0.15, 0.2) is 64.1 Å². The second-order valence-corrected chi connectivity index (χ2v) is 22.5. The molecule has 12 bridgehead atoms. The quantitative estimate of drug-likeness (QED) is 0.287. The van der Waals surface area contributed by atoms with Gasteiger partial charge in [-0.1, -0.05) is 69.5 Å². The van der Waals surface area contributed by atoms with Crippen molar-refractivity contribution in [2.24, 2.45) is 63.4 Å². The number of nitrogens with zero attached hydrogens (tertiary/aromatic N) is 2. The van der Waals surface area contributed by atoms with Gasteiger partial charge in [0.25, 0.3) is 0 Å². The number of ether oxygens (including phenoxy) is 2. The summed E-state index contributed by atoms with van der Waals surface area (Å²) >= 11 is 0.